The first-order valence-corrected chi connectivity index (χ1v) is 9.92. The zero-order valence-electron chi connectivity index (χ0n) is 14.6. The van der Waals surface area contributed by atoms with Gasteiger partial charge in [-0.2, -0.15) is 0 Å². The maximum Gasteiger partial charge on any atom is 0.294 e. The molecule has 0 aromatic heterocycles. The van der Waals surface area contributed by atoms with Crippen molar-refractivity contribution in [3.63, 3.8) is 0 Å². The van der Waals surface area contributed by atoms with Crippen LogP contribution in [-0.4, -0.2) is 46.5 Å². The van der Waals surface area contributed by atoms with Crippen molar-refractivity contribution in [3.05, 3.63) is 38.7 Å². The van der Waals surface area contributed by atoms with Crippen molar-refractivity contribution in [2.24, 2.45) is 0 Å². The minimum absolute atomic E-state index is 0.221. The van der Waals surface area contributed by atoms with Crippen LogP contribution in [0.4, 0.5) is 4.79 Å². The van der Waals surface area contributed by atoms with E-state index in [9.17, 15) is 14.4 Å². The highest BCUT2D eigenvalue weighted by atomic mass is 35.5. The van der Waals surface area contributed by atoms with Gasteiger partial charge in [-0.15, -0.1) is 0 Å². The smallest absolute Gasteiger partial charge is 0.294 e. The summed E-state index contributed by atoms with van der Waals surface area (Å²) in [5.74, 6) is -0.700. The summed E-state index contributed by atoms with van der Waals surface area (Å²) in [6, 6.07) is 4.89. The lowest BCUT2D eigenvalue weighted by molar-refractivity contribution is -0.135. The van der Waals surface area contributed by atoms with E-state index >= 15 is 0 Å². The zero-order valence-corrected chi connectivity index (χ0v) is 17.0. The zero-order chi connectivity index (χ0) is 19.3. The van der Waals surface area contributed by atoms with Crippen LogP contribution in [-0.2, 0) is 9.59 Å². The lowest BCUT2D eigenvalue weighted by Crippen LogP contribution is -2.42. The maximum atomic E-state index is 12.5. The van der Waals surface area contributed by atoms with E-state index < -0.39 is 11.1 Å². The number of halogens is 2. The van der Waals surface area contributed by atoms with Crippen LogP contribution in [0.1, 0.15) is 32.3 Å². The summed E-state index contributed by atoms with van der Waals surface area (Å²) >= 11 is 12.8. The number of hydrogen-bond donors (Lipinski definition) is 0. The molecular formula is C18H20Cl2N2O3S. The predicted octanol–water partition coefficient (Wildman–Crippen LogP) is 4.68. The lowest BCUT2D eigenvalue weighted by atomic mass is 10.2. The molecule has 1 aliphatic heterocycles. The minimum Gasteiger partial charge on any atom is -0.341 e. The Balaban J connectivity index is 2.15. The second-order valence-electron chi connectivity index (χ2n) is 5.81. The van der Waals surface area contributed by atoms with E-state index in [1.54, 1.807) is 29.2 Å². The van der Waals surface area contributed by atoms with Gasteiger partial charge in [0.05, 0.1) is 4.91 Å². The summed E-state index contributed by atoms with van der Waals surface area (Å²) in [5, 5.41) is 0.419. The molecule has 0 atom stereocenters. The molecule has 0 spiro atoms. The van der Waals surface area contributed by atoms with Crippen LogP contribution in [0, 0.1) is 0 Å². The number of rotatable bonds is 7. The Bertz CT molecular complexity index is 746. The van der Waals surface area contributed by atoms with Crippen LogP contribution in [0.3, 0.4) is 0 Å². The molecule has 1 heterocycles. The topological polar surface area (TPSA) is 57.7 Å². The van der Waals surface area contributed by atoms with E-state index in [4.69, 9.17) is 23.2 Å². The van der Waals surface area contributed by atoms with Crippen molar-refractivity contribution in [3.8, 4) is 0 Å². The average molecular weight is 415 g/mol. The first-order valence-electron chi connectivity index (χ1n) is 8.35. The number of carbonyl (C=O) groups is 3. The summed E-state index contributed by atoms with van der Waals surface area (Å²) in [6.45, 7) is 4.94. The average Bonchev–Trinajstić information content (AvgIpc) is 2.84. The first-order chi connectivity index (χ1) is 12.4. The van der Waals surface area contributed by atoms with Gasteiger partial charge in [0.1, 0.15) is 6.54 Å². The van der Waals surface area contributed by atoms with Gasteiger partial charge < -0.3 is 4.90 Å². The van der Waals surface area contributed by atoms with E-state index in [1.165, 1.54) is 0 Å². The van der Waals surface area contributed by atoms with Crippen LogP contribution >= 0.6 is 35.0 Å². The number of carbonyl (C=O) groups excluding carboxylic acids is 3. The van der Waals surface area contributed by atoms with Gasteiger partial charge in [0.2, 0.25) is 5.91 Å². The number of nitrogens with zero attached hydrogens (tertiary/aromatic N) is 2. The summed E-state index contributed by atoms with van der Waals surface area (Å²) in [7, 11) is 0. The molecule has 1 saturated heterocycles. The van der Waals surface area contributed by atoms with Gasteiger partial charge >= 0.3 is 0 Å². The van der Waals surface area contributed by atoms with Crippen LogP contribution in [0.5, 0.6) is 0 Å². The molecule has 1 fully saturated rings. The molecule has 5 nitrogen and oxygen atoms in total. The van der Waals surface area contributed by atoms with Crippen molar-refractivity contribution in [1.29, 1.82) is 0 Å². The molecule has 0 aliphatic carbocycles. The van der Waals surface area contributed by atoms with Gasteiger partial charge in [0.25, 0.3) is 11.1 Å². The monoisotopic (exact) mass is 414 g/mol. The standard InChI is InChI=1S/C18H20Cl2N2O3S/c1-3-7-21(8-4-2)16(23)11-22-17(24)15(26-18(22)25)9-12-5-6-13(19)10-14(12)20/h5-6,9-10H,3-4,7-8,11H2,1-2H3/b15-9-. The molecule has 2 rings (SSSR count). The van der Waals surface area contributed by atoms with Gasteiger partial charge in [-0.3, -0.25) is 19.3 Å². The Morgan fingerprint density at radius 2 is 1.85 bits per heavy atom. The van der Waals surface area contributed by atoms with Gasteiger partial charge in [-0.1, -0.05) is 43.1 Å². The highest BCUT2D eigenvalue weighted by molar-refractivity contribution is 8.18. The molecule has 0 saturated carbocycles. The molecular weight excluding hydrogens is 395 g/mol. The summed E-state index contributed by atoms with van der Waals surface area (Å²) in [5.41, 5.74) is 0.589. The van der Waals surface area contributed by atoms with Crippen molar-refractivity contribution in [2.75, 3.05) is 19.6 Å². The van der Waals surface area contributed by atoms with Gasteiger partial charge in [-0.25, -0.2) is 0 Å². The molecule has 8 heteroatoms. The van der Waals surface area contributed by atoms with Crippen molar-refractivity contribution >= 4 is 58.1 Å². The number of thioether (sulfide) groups is 1. The fourth-order valence-electron chi connectivity index (χ4n) is 2.53. The Morgan fingerprint density at radius 3 is 2.42 bits per heavy atom. The quantitative estimate of drug-likeness (QED) is 0.607. The molecule has 0 unspecified atom stereocenters. The number of benzene rings is 1. The molecule has 1 aliphatic rings. The number of imide groups is 1. The third kappa shape index (κ3) is 5.02. The van der Waals surface area contributed by atoms with Crippen molar-refractivity contribution in [1.82, 2.24) is 9.80 Å². The van der Waals surface area contributed by atoms with Crippen LogP contribution < -0.4 is 0 Å². The molecule has 0 radical (unpaired) electrons. The highest BCUT2D eigenvalue weighted by Gasteiger charge is 2.37. The van der Waals surface area contributed by atoms with Crippen molar-refractivity contribution < 1.29 is 14.4 Å². The van der Waals surface area contributed by atoms with Crippen LogP contribution in [0.25, 0.3) is 6.08 Å². The molecule has 140 valence electrons. The summed E-state index contributed by atoms with van der Waals surface area (Å²) < 4.78 is 0. The van der Waals surface area contributed by atoms with Gasteiger partial charge in [0, 0.05) is 23.1 Å². The third-order valence-electron chi connectivity index (χ3n) is 3.76. The molecule has 1 aromatic carbocycles. The Labute approximate surface area is 167 Å². The number of hydrogen-bond acceptors (Lipinski definition) is 4. The van der Waals surface area contributed by atoms with E-state index in [0.29, 0.717) is 28.7 Å². The molecule has 0 N–H and O–H groups in total. The second-order valence-corrected chi connectivity index (χ2v) is 7.65. The minimum atomic E-state index is -0.479. The van der Waals surface area contributed by atoms with E-state index in [-0.39, 0.29) is 17.4 Å². The Kier molecular flexibility index (Phi) is 7.55. The molecule has 1 aromatic rings. The first kappa shape index (κ1) is 20.8. The molecule has 0 bridgehead atoms. The van der Waals surface area contributed by atoms with Crippen LogP contribution in [0.15, 0.2) is 23.1 Å². The largest absolute Gasteiger partial charge is 0.341 e. The Hall–Kier alpha value is -1.50. The fraction of sp³-hybridized carbons (Fsp3) is 0.389. The lowest BCUT2D eigenvalue weighted by Gasteiger charge is -2.23. The van der Waals surface area contributed by atoms with Gasteiger partial charge in [-0.05, 0) is 48.4 Å². The number of amides is 3. The fourth-order valence-corrected chi connectivity index (χ4v) is 3.82. The summed E-state index contributed by atoms with van der Waals surface area (Å²) in [4.78, 5) is 40.1. The third-order valence-corrected chi connectivity index (χ3v) is 5.23. The van der Waals surface area contributed by atoms with E-state index in [2.05, 4.69) is 0 Å². The maximum absolute atomic E-state index is 12.5. The molecule has 26 heavy (non-hydrogen) atoms. The summed E-state index contributed by atoms with van der Waals surface area (Å²) in [6.07, 6.45) is 3.19. The van der Waals surface area contributed by atoms with Gasteiger partial charge in [0.15, 0.2) is 0 Å². The SMILES string of the molecule is CCCN(CCC)C(=O)CN1C(=O)S/C(=C\c2ccc(Cl)cc2Cl)C1=O. The van der Waals surface area contributed by atoms with E-state index in [1.807, 2.05) is 13.8 Å². The predicted molar refractivity (Wildman–Crippen MR) is 106 cm³/mol. The normalized spacial score (nSPS) is 15.8. The second kappa shape index (κ2) is 9.44. The highest BCUT2D eigenvalue weighted by Crippen LogP contribution is 2.34. The van der Waals surface area contributed by atoms with Crippen molar-refractivity contribution in [2.45, 2.75) is 26.7 Å². The Morgan fingerprint density at radius 1 is 1.19 bits per heavy atom. The van der Waals surface area contributed by atoms with Crippen LogP contribution in [0.2, 0.25) is 10.0 Å². The molecule has 3 amide bonds. The van der Waals surface area contributed by atoms with E-state index in [0.717, 1.165) is 29.5 Å².